The molecule has 17 heavy (non-hydrogen) atoms. The molecule has 98 valence electrons. The van der Waals surface area contributed by atoms with Crippen molar-refractivity contribution in [1.82, 2.24) is 10.2 Å². The first-order valence-corrected chi connectivity index (χ1v) is 6.86. The van der Waals surface area contributed by atoms with Crippen LogP contribution in [0.1, 0.15) is 38.5 Å². The van der Waals surface area contributed by atoms with Crippen molar-refractivity contribution in [3.63, 3.8) is 0 Å². The lowest BCUT2D eigenvalue weighted by Gasteiger charge is -2.42. The summed E-state index contributed by atoms with van der Waals surface area (Å²) < 4.78 is 5.39. The first-order valence-electron chi connectivity index (χ1n) is 6.86. The van der Waals surface area contributed by atoms with E-state index in [2.05, 4.69) is 10.2 Å². The van der Waals surface area contributed by atoms with Crippen LogP contribution < -0.4 is 5.32 Å². The molecule has 0 aromatic rings. The van der Waals surface area contributed by atoms with E-state index in [-0.39, 0.29) is 18.6 Å². The van der Waals surface area contributed by atoms with Gasteiger partial charge in [0, 0.05) is 6.04 Å². The molecule has 2 aliphatic rings. The van der Waals surface area contributed by atoms with Crippen molar-refractivity contribution in [3.8, 4) is 0 Å². The number of carbonyl (C=O) groups excluding carboxylic acids is 1. The van der Waals surface area contributed by atoms with E-state index in [0.717, 1.165) is 13.0 Å². The second kappa shape index (κ2) is 6.36. The summed E-state index contributed by atoms with van der Waals surface area (Å²) in [6, 6.07) is 0.758. The summed E-state index contributed by atoms with van der Waals surface area (Å²) in [5, 5.41) is 3.16. The molecule has 0 radical (unpaired) electrons. The number of rotatable bonds is 4. The summed E-state index contributed by atoms with van der Waals surface area (Å²) in [7, 11) is 1.95. The van der Waals surface area contributed by atoms with Crippen LogP contribution in [0.25, 0.3) is 0 Å². The monoisotopic (exact) mass is 240 g/mol. The standard InChI is InChI=1S/C13H24N2O2/c1-14-8-7-12-9-17-10-13(16)15(12)11-5-3-2-4-6-11/h11-12,14H,2-10H2,1H3. The van der Waals surface area contributed by atoms with Gasteiger partial charge in [0.25, 0.3) is 0 Å². The van der Waals surface area contributed by atoms with Gasteiger partial charge < -0.3 is 15.0 Å². The van der Waals surface area contributed by atoms with Crippen LogP contribution in [-0.2, 0) is 9.53 Å². The zero-order chi connectivity index (χ0) is 12.1. The van der Waals surface area contributed by atoms with Crippen LogP contribution in [-0.4, -0.2) is 49.7 Å². The Morgan fingerprint density at radius 2 is 2.12 bits per heavy atom. The molecular formula is C13H24N2O2. The van der Waals surface area contributed by atoms with Gasteiger partial charge in [0.05, 0.1) is 12.6 Å². The Bertz CT molecular complexity index is 252. The predicted molar refractivity (Wildman–Crippen MR) is 66.9 cm³/mol. The third kappa shape index (κ3) is 3.19. The van der Waals surface area contributed by atoms with Gasteiger partial charge in [0.2, 0.25) is 5.91 Å². The number of carbonyl (C=O) groups is 1. The number of amides is 1. The number of nitrogens with zero attached hydrogens (tertiary/aromatic N) is 1. The molecule has 1 saturated heterocycles. The van der Waals surface area contributed by atoms with Crippen LogP contribution in [0.2, 0.25) is 0 Å². The highest BCUT2D eigenvalue weighted by molar-refractivity contribution is 5.78. The second-order valence-electron chi connectivity index (χ2n) is 5.15. The molecule has 4 nitrogen and oxygen atoms in total. The minimum Gasteiger partial charge on any atom is -0.369 e. The summed E-state index contributed by atoms with van der Waals surface area (Å²) in [6.45, 7) is 1.95. The molecule has 4 heteroatoms. The molecule has 1 saturated carbocycles. The number of ether oxygens (including phenoxy) is 1. The molecule has 0 aromatic carbocycles. The van der Waals surface area contributed by atoms with Gasteiger partial charge >= 0.3 is 0 Å². The highest BCUT2D eigenvalue weighted by atomic mass is 16.5. The van der Waals surface area contributed by atoms with Crippen molar-refractivity contribution in [2.24, 2.45) is 0 Å². The van der Waals surface area contributed by atoms with Gasteiger partial charge in [0.1, 0.15) is 6.61 Å². The molecule has 1 aliphatic carbocycles. The Hall–Kier alpha value is -0.610. The maximum Gasteiger partial charge on any atom is 0.249 e. The highest BCUT2D eigenvalue weighted by Gasteiger charge is 2.34. The molecule has 1 heterocycles. The molecule has 0 aromatic heterocycles. The molecule has 2 rings (SSSR count). The normalized spacial score (nSPS) is 27.5. The van der Waals surface area contributed by atoms with Crippen molar-refractivity contribution in [3.05, 3.63) is 0 Å². The minimum atomic E-state index is 0.198. The van der Waals surface area contributed by atoms with Crippen molar-refractivity contribution in [2.45, 2.75) is 50.6 Å². The summed E-state index contributed by atoms with van der Waals surface area (Å²) >= 11 is 0. The van der Waals surface area contributed by atoms with E-state index in [0.29, 0.717) is 12.6 Å². The summed E-state index contributed by atoms with van der Waals surface area (Å²) in [5.41, 5.74) is 0. The van der Waals surface area contributed by atoms with E-state index < -0.39 is 0 Å². The van der Waals surface area contributed by atoms with Gasteiger partial charge in [-0.1, -0.05) is 19.3 Å². The van der Waals surface area contributed by atoms with E-state index in [9.17, 15) is 4.79 Å². The number of morpholine rings is 1. The predicted octanol–water partition coefficient (Wildman–Crippen LogP) is 1.16. The maximum absolute atomic E-state index is 12.0. The highest BCUT2D eigenvalue weighted by Crippen LogP contribution is 2.26. The fourth-order valence-electron chi connectivity index (χ4n) is 3.04. The topological polar surface area (TPSA) is 41.6 Å². The molecule has 0 spiro atoms. The number of hydrogen-bond acceptors (Lipinski definition) is 3. The van der Waals surface area contributed by atoms with E-state index >= 15 is 0 Å². The van der Waals surface area contributed by atoms with Crippen LogP contribution in [0.15, 0.2) is 0 Å². The van der Waals surface area contributed by atoms with Crippen LogP contribution in [0.5, 0.6) is 0 Å². The van der Waals surface area contributed by atoms with Crippen LogP contribution in [0.3, 0.4) is 0 Å². The lowest BCUT2D eigenvalue weighted by Crippen LogP contribution is -2.55. The van der Waals surface area contributed by atoms with E-state index in [1.54, 1.807) is 0 Å². The molecular weight excluding hydrogens is 216 g/mol. The van der Waals surface area contributed by atoms with E-state index in [1.165, 1.54) is 32.1 Å². The van der Waals surface area contributed by atoms with Gasteiger partial charge in [0.15, 0.2) is 0 Å². The average molecular weight is 240 g/mol. The first kappa shape index (κ1) is 12.8. The number of nitrogens with one attached hydrogen (secondary N) is 1. The van der Waals surface area contributed by atoms with E-state index in [4.69, 9.17) is 4.74 Å². The Morgan fingerprint density at radius 1 is 1.35 bits per heavy atom. The van der Waals surface area contributed by atoms with Crippen LogP contribution >= 0.6 is 0 Å². The van der Waals surface area contributed by atoms with Crippen LogP contribution in [0, 0.1) is 0 Å². The third-order valence-electron chi connectivity index (χ3n) is 3.91. The fourth-order valence-corrected chi connectivity index (χ4v) is 3.04. The molecule has 0 bridgehead atoms. The van der Waals surface area contributed by atoms with Crippen LogP contribution in [0.4, 0.5) is 0 Å². The lowest BCUT2D eigenvalue weighted by molar-refractivity contribution is -0.153. The minimum absolute atomic E-state index is 0.198. The Morgan fingerprint density at radius 3 is 2.82 bits per heavy atom. The van der Waals surface area contributed by atoms with E-state index in [1.807, 2.05) is 7.05 Å². The van der Waals surface area contributed by atoms with Crippen molar-refractivity contribution in [2.75, 3.05) is 26.8 Å². The molecule has 1 unspecified atom stereocenters. The SMILES string of the molecule is CNCCC1COCC(=O)N1C1CCCCC1. The Kier molecular flexibility index (Phi) is 4.80. The van der Waals surface area contributed by atoms with Gasteiger partial charge in [-0.15, -0.1) is 0 Å². The zero-order valence-corrected chi connectivity index (χ0v) is 10.8. The van der Waals surface area contributed by atoms with Gasteiger partial charge in [-0.2, -0.15) is 0 Å². The smallest absolute Gasteiger partial charge is 0.249 e. The molecule has 1 aliphatic heterocycles. The summed E-state index contributed by atoms with van der Waals surface area (Å²) in [4.78, 5) is 14.2. The largest absolute Gasteiger partial charge is 0.369 e. The van der Waals surface area contributed by atoms with Gasteiger partial charge in [-0.3, -0.25) is 4.79 Å². The maximum atomic E-state index is 12.0. The summed E-state index contributed by atoms with van der Waals surface area (Å²) in [5.74, 6) is 0.198. The second-order valence-corrected chi connectivity index (χ2v) is 5.15. The van der Waals surface area contributed by atoms with Crippen molar-refractivity contribution in [1.29, 1.82) is 0 Å². The zero-order valence-electron chi connectivity index (χ0n) is 10.8. The van der Waals surface area contributed by atoms with Crippen molar-refractivity contribution < 1.29 is 9.53 Å². The average Bonchev–Trinajstić information content (AvgIpc) is 2.37. The molecule has 1 amide bonds. The quantitative estimate of drug-likeness (QED) is 0.801. The Labute approximate surface area is 104 Å². The number of hydrogen-bond donors (Lipinski definition) is 1. The Balaban J connectivity index is 1.98. The van der Waals surface area contributed by atoms with Crippen molar-refractivity contribution >= 4 is 5.91 Å². The molecule has 2 fully saturated rings. The summed E-state index contributed by atoms with van der Waals surface area (Å²) in [6.07, 6.45) is 7.24. The lowest BCUT2D eigenvalue weighted by atomic mass is 9.92. The third-order valence-corrected chi connectivity index (χ3v) is 3.91. The molecule has 1 atom stereocenters. The van der Waals surface area contributed by atoms with Gasteiger partial charge in [-0.25, -0.2) is 0 Å². The fraction of sp³-hybridized carbons (Fsp3) is 0.923. The first-order chi connectivity index (χ1) is 8.33. The molecule has 1 N–H and O–H groups in total. The van der Waals surface area contributed by atoms with Gasteiger partial charge in [-0.05, 0) is 32.9 Å².